The highest BCUT2D eigenvalue weighted by Crippen LogP contribution is 2.20. The van der Waals surface area contributed by atoms with E-state index in [2.05, 4.69) is 10.3 Å². The summed E-state index contributed by atoms with van der Waals surface area (Å²) in [6.07, 6.45) is -1.19. The van der Waals surface area contributed by atoms with Gasteiger partial charge in [-0.25, -0.2) is 4.79 Å². The van der Waals surface area contributed by atoms with Crippen molar-refractivity contribution in [3.8, 4) is 0 Å². The number of hydrogen-bond donors (Lipinski definition) is 1. The van der Waals surface area contributed by atoms with Gasteiger partial charge in [-0.15, -0.1) is 5.11 Å². The Morgan fingerprint density at radius 3 is 2.47 bits per heavy atom. The number of Topliss-reactive ketones (excluding diaryl/α,β-unsaturated/α-hetero) is 1. The molecule has 1 rings (SSSR count). The molecule has 0 aliphatic rings. The second-order valence-corrected chi connectivity index (χ2v) is 3.55. The van der Waals surface area contributed by atoms with Crippen LogP contribution in [0.1, 0.15) is 22.8 Å². The molecular weight excluding hydrogens is 222 g/mol. The molecule has 0 bridgehead atoms. The monoisotopic (exact) mass is 235 g/mol. The first-order valence-corrected chi connectivity index (χ1v) is 4.91. The number of amides is 1. The van der Waals surface area contributed by atoms with E-state index in [4.69, 9.17) is 5.11 Å². The summed E-state index contributed by atoms with van der Waals surface area (Å²) in [5.41, 5.74) is 1.89. The molecule has 0 saturated carbocycles. The van der Waals surface area contributed by atoms with E-state index in [0.717, 1.165) is 5.56 Å². The number of ketones is 1. The fraction of sp³-hybridized carbons (Fsp3) is 0.273. The average molecular weight is 235 g/mol. The Balaban J connectivity index is 2.94. The van der Waals surface area contributed by atoms with Crippen LogP contribution in [0.3, 0.4) is 0 Å². The maximum atomic E-state index is 11.1. The Bertz CT molecular complexity index is 483. The molecular formula is C11H13N3O3. The Morgan fingerprint density at radius 1 is 1.35 bits per heavy atom. The Kier molecular flexibility index (Phi) is 3.92. The van der Waals surface area contributed by atoms with E-state index in [1.54, 1.807) is 25.1 Å². The van der Waals surface area contributed by atoms with Crippen molar-refractivity contribution in [2.24, 2.45) is 10.3 Å². The molecule has 6 heteroatoms. The lowest BCUT2D eigenvalue weighted by Crippen LogP contribution is -2.17. The highest BCUT2D eigenvalue weighted by Gasteiger charge is 2.05. The van der Waals surface area contributed by atoms with Crippen LogP contribution < -0.4 is 0 Å². The van der Waals surface area contributed by atoms with Gasteiger partial charge in [0.1, 0.15) is 0 Å². The van der Waals surface area contributed by atoms with E-state index in [1.165, 1.54) is 14.0 Å². The first-order valence-electron chi connectivity index (χ1n) is 4.91. The zero-order valence-electron chi connectivity index (χ0n) is 9.84. The quantitative estimate of drug-likeness (QED) is 0.496. The van der Waals surface area contributed by atoms with Crippen LogP contribution in [-0.2, 0) is 0 Å². The zero-order valence-corrected chi connectivity index (χ0v) is 9.84. The standard InChI is InChI=1S/C11H13N3O3/c1-7-6-9(8(2)15)4-5-10(7)12-13-14(3)11(16)17/h4-6H,1-3H3,(H,16,17). The van der Waals surface area contributed by atoms with Crippen molar-refractivity contribution in [3.63, 3.8) is 0 Å². The maximum absolute atomic E-state index is 11.1. The van der Waals surface area contributed by atoms with Gasteiger partial charge in [-0.05, 0) is 37.6 Å². The summed E-state index contributed by atoms with van der Waals surface area (Å²) < 4.78 is 0. The molecule has 0 radical (unpaired) electrons. The molecule has 0 unspecified atom stereocenters. The van der Waals surface area contributed by atoms with Gasteiger partial charge in [0.15, 0.2) is 5.78 Å². The molecule has 0 saturated heterocycles. The first-order chi connectivity index (χ1) is 7.91. The summed E-state index contributed by atoms with van der Waals surface area (Å²) in [5, 5.41) is 16.6. The summed E-state index contributed by atoms with van der Waals surface area (Å²) >= 11 is 0. The van der Waals surface area contributed by atoms with E-state index in [-0.39, 0.29) is 5.78 Å². The van der Waals surface area contributed by atoms with E-state index in [9.17, 15) is 9.59 Å². The Morgan fingerprint density at radius 2 is 2.00 bits per heavy atom. The van der Waals surface area contributed by atoms with Gasteiger partial charge in [-0.3, -0.25) is 4.79 Å². The van der Waals surface area contributed by atoms with Crippen LogP contribution in [0.4, 0.5) is 10.5 Å². The van der Waals surface area contributed by atoms with Crippen LogP contribution in [-0.4, -0.2) is 29.0 Å². The molecule has 6 nitrogen and oxygen atoms in total. The van der Waals surface area contributed by atoms with Crippen LogP contribution in [0.15, 0.2) is 28.5 Å². The predicted molar refractivity (Wildman–Crippen MR) is 61.5 cm³/mol. The fourth-order valence-corrected chi connectivity index (χ4v) is 1.14. The minimum absolute atomic E-state index is 0.0285. The molecule has 0 heterocycles. The highest BCUT2D eigenvalue weighted by molar-refractivity contribution is 5.94. The van der Waals surface area contributed by atoms with Crippen LogP contribution in [0.25, 0.3) is 0 Å². The second-order valence-electron chi connectivity index (χ2n) is 3.55. The summed E-state index contributed by atoms with van der Waals surface area (Å²) in [7, 11) is 1.28. The molecule has 0 fully saturated rings. The molecule has 0 aliphatic carbocycles. The molecule has 0 aromatic heterocycles. The van der Waals surface area contributed by atoms with Crippen LogP contribution >= 0.6 is 0 Å². The lowest BCUT2D eigenvalue weighted by molar-refractivity contribution is 0.101. The van der Waals surface area contributed by atoms with E-state index < -0.39 is 6.09 Å². The summed E-state index contributed by atoms with van der Waals surface area (Å²) in [4.78, 5) is 21.6. The van der Waals surface area contributed by atoms with Crippen LogP contribution in [0.2, 0.25) is 0 Å². The van der Waals surface area contributed by atoms with Gasteiger partial charge < -0.3 is 5.11 Å². The number of benzene rings is 1. The van der Waals surface area contributed by atoms with Gasteiger partial charge in [0, 0.05) is 12.6 Å². The largest absolute Gasteiger partial charge is 0.464 e. The van der Waals surface area contributed by atoms with E-state index in [1.807, 2.05) is 0 Å². The molecule has 1 N–H and O–H groups in total. The van der Waals surface area contributed by atoms with E-state index in [0.29, 0.717) is 16.3 Å². The third-order valence-electron chi connectivity index (χ3n) is 2.17. The molecule has 17 heavy (non-hydrogen) atoms. The maximum Gasteiger partial charge on any atom is 0.429 e. The molecule has 0 atom stereocenters. The third-order valence-corrected chi connectivity index (χ3v) is 2.17. The van der Waals surface area contributed by atoms with Gasteiger partial charge in [-0.1, -0.05) is 5.22 Å². The molecule has 1 amide bonds. The third kappa shape index (κ3) is 3.37. The fourth-order valence-electron chi connectivity index (χ4n) is 1.14. The van der Waals surface area contributed by atoms with Crippen molar-refractivity contribution in [2.75, 3.05) is 7.05 Å². The molecule has 0 aliphatic heterocycles. The van der Waals surface area contributed by atoms with Crippen molar-refractivity contribution < 1.29 is 14.7 Å². The summed E-state index contributed by atoms with van der Waals surface area (Å²) in [6, 6.07) is 4.95. The minimum Gasteiger partial charge on any atom is -0.464 e. The zero-order chi connectivity index (χ0) is 13.0. The topological polar surface area (TPSA) is 82.3 Å². The number of rotatable bonds is 3. The molecule has 0 spiro atoms. The molecule has 90 valence electrons. The van der Waals surface area contributed by atoms with Crippen molar-refractivity contribution in [3.05, 3.63) is 29.3 Å². The molecule has 1 aromatic carbocycles. The number of carbonyl (C=O) groups is 2. The van der Waals surface area contributed by atoms with Crippen molar-refractivity contribution >= 4 is 17.6 Å². The highest BCUT2D eigenvalue weighted by atomic mass is 16.4. The number of aryl methyl sites for hydroxylation is 1. The first kappa shape index (κ1) is 12.8. The van der Waals surface area contributed by atoms with Gasteiger partial charge >= 0.3 is 6.09 Å². The van der Waals surface area contributed by atoms with Crippen molar-refractivity contribution in [2.45, 2.75) is 13.8 Å². The van der Waals surface area contributed by atoms with Crippen molar-refractivity contribution in [1.82, 2.24) is 5.01 Å². The van der Waals surface area contributed by atoms with Crippen molar-refractivity contribution in [1.29, 1.82) is 0 Å². The van der Waals surface area contributed by atoms with Gasteiger partial charge in [0.2, 0.25) is 0 Å². The smallest absolute Gasteiger partial charge is 0.429 e. The van der Waals surface area contributed by atoms with E-state index >= 15 is 0 Å². The van der Waals surface area contributed by atoms with Crippen LogP contribution in [0.5, 0.6) is 0 Å². The van der Waals surface area contributed by atoms with Gasteiger partial charge in [0.05, 0.1) is 5.69 Å². The number of carboxylic acid groups (broad SMARTS) is 1. The summed E-state index contributed by atoms with van der Waals surface area (Å²) in [5.74, 6) is -0.0285. The predicted octanol–water partition coefficient (Wildman–Crippen LogP) is 2.81. The number of carbonyl (C=O) groups excluding carboxylic acids is 1. The lowest BCUT2D eigenvalue weighted by Gasteiger charge is -2.04. The Hall–Kier alpha value is -2.24. The summed E-state index contributed by atoms with van der Waals surface area (Å²) in [6.45, 7) is 3.26. The number of nitrogens with zero attached hydrogens (tertiary/aromatic N) is 3. The number of hydrogen-bond acceptors (Lipinski definition) is 4. The van der Waals surface area contributed by atoms with Crippen LogP contribution in [0, 0.1) is 6.92 Å². The van der Waals surface area contributed by atoms with Gasteiger partial charge in [0.25, 0.3) is 0 Å². The second kappa shape index (κ2) is 5.20. The average Bonchev–Trinajstić information content (AvgIpc) is 2.26. The molecule has 1 aromatic rings. The SMILES string of the molecule is CC(=O)c1ccc(N=NN(C)C(=O)O)c(C)c1. The minimum atomic E-state index is -1.19. The normalized spacial score (nSPS) is 10.5. The van der Waals surface area contributed by atoms with Gasteiger partial charge in [-0.2, -0.15) is 5.01 Å². The Labute approximate surface area is 98.6 Å². The lowest BCUT2D eigenvalue weighted by atomic mass is 10.1.